The highest BCUT2D eigenvalue weighted by Gasteiger charge is 2.40. The molecule has 1 heterocycles. The maximum atomic E-state index is 12.8. The molecule has 3 N–H and O–H groups in total. The largest absolute Gasteiger partial charge is 0.368 e. The van der Waals surface area contributed by atoms with Crippen molar-refractivity contribution in [3.05, 3.63) is 24.3 Å². The maximum Gasteiger partial charge on any atom is 0.324 e. The van der Waals surface area contributed by atoms with Crippen molar-refractivity contribution >= 4 is 22.7 Å². The van der Waals surface area contributed by atoms with E-state index >= 15 is 0 Å². The summed E-state index contributed by atoms with van der Waals surface area (Å²) in [5.41, 5.74) is 5.87. The first-order valence-electron chi connectivity index (χ1n) is 5.32. The van der Waals surface area contributed by atoms with Gasteiger partial charge in [0.1, 0.15) is 5.82 Å². The molecule has 0 atom stereocenters. The zero-order chi connectivity index (χ0) is 14.0. The van der Waals surface area contributed by atoms with Crippen molar-refractivity contribution in [3.8, 4) is 0 Å². The summed E-state index contributed by atoms with van der Waals surface area (Å²) >= 11 is 0. The van der Waals surface area contributed by atoms with E-state index in [2.05, 4.69) is 15.3 Å². The summed E-state index contributed by atoms with van der Waals surface area (Å²) < 4.78 is 49.8. The summed E-state index contributed by atoms with van der Waals surface area (Å²) in [4.78, 5) is 7.65. The molecule has 4 nitrogen and oxygen atoms in total. The molecule has 2 aromatic rings. The molecule has 1 aromatic carbocycles. The summed E-state index contributed by atoms with van der Waals surface area (Å²) in [5, 5.41) is 2.62. The number of hydrogen-bond donors (Lipinski definition) is 2. The standard InChI is InChI=1S/C11H10F4N4/c12-9(13)11(14,15)5-17-8-6-3-1-2-4-7(6)18-10(16)19-8/h1-4,9H,5H2,(H3,16,17,18,19). The van der Waals surface area contributed by atoms with Crippen LogP contribution < -0.4 is 11.1 Å². The van der Waals surface area contributed by atoms with Gasteiger partial charge >= 0.3 is 12.3 Å². The molecular formula is C11H10F4N4. The van der Waals surface area contributed by atoms with Crippen LogP contribution in [0.3, 0.4) is 0 Å². The molecule has 0 bridgehead atoms. The van der Waals surface area contributed by atoms with Crippen LogP contribution in [-0.2, 0) is 0 Å². The average Bonchev–Trinajstić information content (AvgIpc) is 2.35. The van der Waals surface area contributed by atoms with Crippen LogP contribution in [0.4, 0.5) is 29.3 Å². The van der Waals surface area contributed by atoms with Gasteiger partial charge < -0.3 is 11.1 Å². The van der Waals surface area contributed by atoms with E-state index in [1.807, 2.05) is 0 Å². The first-order valence-corrected chi connectivity index (χ1v) is 5.32. The number of alkyl halides is 4. The number of nitrogens with zero attached hydrogens (tertiary/aromatic N) is 2. The van der Waals surface area contributed by atoms with E-state index in [1.165, 1.54) is 0 Å². The number of anilines is 2. The molecule has 0 aliphatic heterocycles. The second kappa shape index (κ2) is 4.87. The lowest BCUT2D eigenvalue weighted by Crippen LogP contribution is -2.35. The Kier molecular flexibility index (Phi) is 3.41. The van der Waals surface area contributed by atoms with Crippen LogP contribution in [0.2, 0.25) is 0 Å². The lowest BCUT2D eigenvalue weighted by atomic mass is 10.2. The SMILES string of the molecule is Nc1nc(NCC(F)(F)C(F)F)c2ccccc2n1. The van der Waals surface area contributed by atoms with Crippen molar-refractivity contribution in [3.63, 3.8) is 0 Å². The fourth-order valence-corrected chi connectivity index (χ4v) is 1.51. The molecular weight excluding hydrogens is 264 g/mol. The minimum Gasteiger partial charge on any atom is -0.368 e. The third-order valence-electron chi connectivity index (χ3n) is 2.43. The van der Waals surface area contributed by atoms with Gasteiger partial charge in [-0.25, -0.2) is 13.8 Å². The van der Waals surface area contributed by atoms with Gasteiger partial charge in [0, 0.05) is 5.39 Å². The molecule has 0 saturated carbocycles. The Morgan fingerprint density at radius 3 is 2.58 bits per heavy atom. The Balaban J connectivity index is 2.30. The van der Waals surface area contributed by atoms with Crippen LogP contribution in [0.1, 0.15) is 0 Å². The Morgan fingerprint density at radius 2 is 1.89 bits per heavy atom. The Labute approximate surface area is 105 Å². The van der Waals surface area contributed by atoms with Crippen LogP contribution in [-0.4, -0.2) is 28.9 Å². The summed E-state index contributed by atoms with van der Waals surface area (Å²) in [5.74, 6) is -4.26. The quantitative estimate of drug-likeness (QED) is 0.841. The number of halogens is 4. The van der Waals surface area contributed by atoms with Crippen molar-refractivity contribution < 1.29 is 17.6 Å². The Hall–Kier alpha value is -2.12. The van der Waals surface area contributed by atoms with Gasteiger partial charge in [0.25, 0.3) is 0 Å². The Bertz CT molecular complexity index is 588. The molecule has 0 aliphatic carbocycles. The lowest BCUT2D eigenvalue weighted by Gasteiger charge is -2.17. The van der Waals surface area contributed by atoms with Crippen molar-refractivity contribution in [1.29, 1.82) is 0 Å². The lowest BCUT2D eigenvalue weighted by molar-refractivity contribution is -0.117. The van der Waals surface area contributed by atoms with Crippen LogP contribution >= 0.6 is 0 Å². The smallest absolute Gasteiger partial charge is 0.324 e. The van der Waals surface area contributed by atoms with Gasteiger partial charge in [-0.1, -0.05) is 12.1 Å². The molecule has 2 rings (SSSR count). The summed E-state index contributed by atoms with van der Waals surface area (Å²) in [6.07, 6.45) is -3.74. The predicted molar refractivity (Wildman–Crippen MR) is 63.4 cm³/mol. The zero-order valence-electron chi connectivity index (χ0n) is 9.58. The minimum atomic E-state index is -4.14. The molecule has 8 heteroatoms. The number of nitrogens with one attached hydrogen (secondary N) is 1. The first kappa shape index (κ1) is 13.3. The molecule has 0 saturated heterocycles. The van der Waals surface area contributed by atoms with E-state index in [-0.39, 0.29) is 11.8 Å². The van der Waals surface area contributed by atoms with Gasteiger partial charge in [0.2, 0.25) is 5.95 Å². The third kappa shape index (κ3) is 2.83. The number of hydrogen-bond acceptors (Lipinski definition) is 4. The summed E-state index contributed by atoms with van der Waals surface area (Å²) in [6.45, 7) is -1.23. The zero-order valence-corrected chi connectivity index (χ0v) is 9.58. The van der Waals surface area contributed by atoms with Gasteiger partial charge in [-0.15, -0.1) is 0 Å². The fraction of sp³-hybridized carbons (Fsp3) is 0.273. The van der Waals surface area contributed by atoms with E-state index in [0.29, 0.717) is 10.9 Å². The molecule has 0 radical (unpaired) electrons. The molecule has 0 unspecified atom stereocenters. The van der Waals surface area contributed by atoms with E-state index < -0.39 is 18.9 Å². The van der Waals surface area contributed by atoms with Crippen molar-refractivity contribution in [2.75, 3.05) is 17.6 Å². The van der Waals surface area contributed by atoms with Gasteiger partial charge in [0.15, 0.2) is 0 Å². The third-order valence-corrected chi connectivity index (χ3v) is 2.43. The van der Waals surface area contributed by atoms with Crippen molar-refractivity contribution in [2.24, 2.45) is 0 Å². The minimum absolute atomic E-state index is 0.00317. The first-order chi connectivity index (χ1) is 8.90. The number of aromatic nitrogens is 2. The summed E-state index contributed by atoms with van der Waals surface area (Å²) in [7, 11) is 0. The molecule has 102 valence electrons. The number of rotatable bonds is 4. The molecule has 0 amide bonds. The second-order valence-electron chi connectivity index (χ2n) is 3.86. The van der Waals surface area contributed by atoms with E-state index in [1.54, 1.807) is 24.3 Å². The van der Waals surface area contributed by atoms with Gasteiger partial charge in [-0.2, -0.15) is 13.8 Å². The van der Waals surface area contributed by atoms with E-state index in [9.17, 15) is 17.6 Å². The molecule has 0 spiro atoms. The van der Waals surface area contributed by atoms with E-state index in [4.69, 9.17) is 5.73 Å². The number of fused-ring (bicyclic) bond motifs is 1. The highest BCUT2D eigenvalue weighted by atomic mass is 19.3. The average molecular weight is 274 g/mol. The van der Waals surface area contributed by atoms with Crippen LogP contribution in [0.5, 0.6) is 0 Å². The maximum absolute atomic E-state index is 12.8. The van der Waals surface area contributed by atoms with Crippen molar-refractivity contribution in [2.45, 2.75) is 12.3 Å². The van der Waals surface area contributed by atoms with Crippen molar-refractivity contribution in [1.82, 2.24) is 9.97 Å². The predicted octanol–water partition coefficient (Wildman–Crippen LogP) is 2.52. The monoisotopic (exact) mass is 274 g/mol. The molecule has 1 aromatic heterocycles. The highest BCUT2D eigenvalue weighted by molar-refractivity contribution is 5.89. The number of nitrogen functional groups attached to an aromatic ring is 1. The highest BCUT2D eigenvalue weighted by Crippen LogP contribution is 2.25. The summed E-state index contributed by atoms with van der Waals surface area (Å²) in [6, 6.07) is 6.53. The van der Waals surface area contributed by atoms with E-state index in [0.717, 1.165) is 0 Å². The second-order valence-corrected chi connectivity index (χ2v) is 3.86. The number of benzene rings is 1. The molecule has 0 aliphatic rings. The fourth-order valence-electron chi connectivity index (χ4n) is 1.51. The van der Waals surface area contributed by atoms with Crippen LogP contribution in [0, 0.1) is 0 Å². The normalized spacial score (nSPS) is 12.1. The Morgan fingerprint density at radius 1 is 1.21 bits per heavy atom. The van der Waals surface area contributed by atoms with Gasteiger partial charge in [-0.3, -0.25) is 0 Å². The number of nitrogens with two attached hydrogens (primary N) is 1. The molecule has 19 heavy (non-hydrogen) atoms. The van der Waals surface area contributed by atoms with Crippen LogP contribution in [0.25, 0.3) is 10.9 Å². The number of para-hydroxylation sites is 1. The topological polar surface area (TPSA) is 63.8 Å². The molecule has 0 fully saturated rings. The van der Waals surface area contributed by atoms with Gasteiger partial charge in [-0.05, 0) is 12.1 Å². The van der Waals surface area contributed by atoms with Gasteiger partial charge in [0.05, 0.1) is 12.1 Å². The van der Waals surface area contributed by atoms with Crippen LogP contribution in [0.15, 0.2) is 24.3 Å².